The van der Waals surface area contributed by atoms with Crippen LogP contribution in [0.4, 0.5) is 4.79 Å². The lowest BCUT2D eigenvalue weighted by Gasteiger charge is -2.21. The van der Waals surface area contributed by atoms with Crippen LogP contribution >= 0.6 is 0 Å². The largest absolute Gasteiger partial charge is 0.449 e. The molecule has 0 saturated heterocycles. The van der Waals surface area contributed by atoms with Gasteiger partial charge in [-0.15, -0.1) is 0 Å². The van der Waals surface area contributed by atoms with Gasteiger partial charge in [-0.05, 0) is 20.3 Å². The first kappa shape index (κ1) is 12.0. The van der Waals surface area contributed by atoms with Crippen molar-refractivity contribution < 1.29 is 9.53 Å². The highest BCUT2D eigenvalue weighted by Gasteiger charge is 2.13. The van der Waals surface area contributed by atoms with E-state index in [1.807, 2.05) is 6.92 Å². The van der Waals surface area contributed by atoms with Gasteiger partial charge in [-0.1, -0.05) is 19.9 Å². The molecular formula is C10H19NO2. The van der Waals surface area contributed by atoms with Gasteiger partial charge in [0.25, 0.3) is 0 Å². The van der Waals surface area contributed by atoms with Gasteiger partial charge in [-0.2, -0.15) is 0 Å². The Morgan fingerprint density at radius 3 is 2.46 bits per heavy atom. The highest BCUT2D eigenvalue weighted by atomic mass is 16.6. The Labute approximate surface area is 80.4 Å². The van der Waals surface area contributed by atoms with Crippen LogP contribution in [0.1, 0.15) is 33.6 Å². The zero-order valence-electron chi connectivity index (χ0n) is 8.80. The summed E-state index contributed by atoms with van der Waals surface area (Å²) in [4.78, 5) is 12.9. The number of rotatable bonds is 5. The number of nitrogens with zero attached hydrogens (tertiary/aromatic N) is 1. The molecule has 0 aliphatic heterocycles. The fourth-order valence-electron chi connectivity index (χ4n) is 0.956. The van der Waals surface area contributed by atoms with Crippen molar-refractivity contribution >= 4 is 6.09 Å². The molecular weight excluding hydrogens is 166 g/mol. The number of unbranched alkanes of at least 4 members (excludes halogenated alkanes) is 1. The molecule has 0 fully saturated rings. The average molecular weight is 185 g/mol. The second kappa shape index (κ2) is 6.52. The lowest BCUT2D eigenvalue weighted by atomic mass is 10.3. The van der Waals surface area contributed by atoms with Crippen LogP contribution in [0, 0.1) is 0 Å². The predicted molar refractivity (Wildman–Crippen MR) is 53.5 cm³/mol. The number of ether oxygens (including phenoxy) is 1. The molecule has 0 rings (SSSR count). The van der Waals surface area contributed by atoms with Gasteiger partial charge in [0.2, 0.25) is 0 Å². The lowest BCUT2D eigenvalue weighted by Crippen LogP contribution is -2.30. The minimum atomic E-state index is -0.288. The van der Waals surface area contributed by atoms with Gasteiger partial charge in [0.05, 0.1) is 6.61 Å². The summed E-state index contributed by atoms with van der Waals surface area (Å²) in [6.45, 7) is 10.5. The maximum absolute atomic E-state index is 11.3. The SMILES string of the molecule is C=C(C)N(CCCC)C(=O)OCC. The summed E-state index contributed by atoms with van der Waals surface area (Å²) in [5, 5.41) is 0. The Hall–Kier alpha value is -0.990. The fourth-order valence-corrected chi connectivity index (χ4v) is 0.956. The van der Waals surface area contributed by atoms with E-state index in [0.717, 1.165) is 18.5 Å². The summed E-state index contributed by atoms with van der Waals surface area (Å²) in [7, 11) is 0. The molecule has 0 unspecified atom stereocenters. The van der Waals surface area contributed by atoms with Crippen LogP contribution in [-0.2, 0) is 4.74 Å². The van der Waals surface area contributed by atoms with Gasteiger partial charge in [0.1, 0.15) is 0 Å². The van der Waals surface area contributed by atoms with Gasteiger partial charge >= 0.3 is 6.09 Å². The molecule has 0 saturated carbocycles. The lowest BCUT2D eigenvalue weighted by molar-refractivity contribution is 0.118. The number of hydrogen-bond acceptors (Lipinski definition) is 2. The van der Waals surface area contributed by atoms with E-state index < -0.39 is 0 Å². The minimum Gasteiger partial charge on any atom is -0.449 e. The third kappa shape index (κ3) is 4.55. The van der Waals surface area contributed by atoms with E-state index in [4.69, 9.17) is 4.74 Å². The standard InChI is InChI=1S/C10H19NO2/c1-5-7-8-11(9(3)4)10(12)13-6-2/h3,5-8H2,1-2,4H3. The number of amides is 1. The molecule has 0 heterocycles. The number of hydrogen-bond donors (Lipinski definition) is 0. The topological polar surface area (TPSA) is 29.5 Å². The van der Waals surface area contributed by atoms with Crippen LogP contribution in [0.3, 0.4) is 0 Å². The summed E-state index contributed by atoms with van der Waals surface area (Å²) >= 11 is 0. The number of carbonyl (C=O) groups excluding carboxylic acids is 1. The molecule has 0 spiro atoms. The second-order valence-corrected chi connectivity index (χ2v) is 2.94. The van der Waals surface area contributed by atoms with Crippen LogP contribution in [0.15, 0.2) is 12.3 Å². The highest BCUT2D eigenvalue weighted by molar-refractivity contribution is 5.69. The Morgan fingerprint density at radius 2 is 2.08 bits per heavy atom. The van der Waals surface area contributed by atoms with E-state index in [2.05, 4.69) is 13.5 Å². The normalized spacial score (nSPS) is 9.46. The van der Waals surface area contributed by atoms with Crippen LogP contribution in [0.25, 0.3) is 0 Å². The van der Waals surface area contributed by atoms with Crippen molar-refractivity contribution in [1.29, 1.82) is 0 Å². The zero-order chi connectivity index (χ0) is 10.3. The van der Waals surface area contributed by atoms with E-state index in [9.17, 15) is 4.79 Å². The van der Waals surface area contributed by atoms with Crippen molar-refractivity contribution in [1.82, 2.24) is 4.90 Å². The highest BCUT2D eigenvalue weighted by Crippen LogP contribution is 2.05. The van der Waals surface area contributed by atoms with Crippen LogP contribution in [-0.4, -0.2) is 24.1 Å². The summed E-state index contributed by atoms with van der Waals surface area (Å²) in [6, 6.07) is 0. The molecule has 1 amide bonds. The number of carbonyl (C=O) groups is 1. The maximum Gasteiger partial charge on any atom is 0.413 e. The van der Waals surface area contributed by atoms with Crippen molar-refractivity contribution in [2.45, 2.75) is 33.6 Å². The first-order valence-electron chi connectivity index (χ1n) is 4.73. The van der Waals surface area contributed by atoms with Crippen LogP contribution in [0.2, 0.25) is 0 Å². The molecule has 76 valence electrons. The Balaban J connectivity index is 4.07. The summed E-state index contributed by atoms with van der Waals surface area (Å²) in [6.07, 6.45) is 1.75. The average Bonchev–Trinajstić information content (AvgIpc) is 2.05. The minimum absolute atomic E-state index is 0.288. The smallest absolute Gasteiger partial charge is 0.413 e. The van der Waals surface area contributed by atoms with E-state index in [1.165, 1.54) is 0 Å². The molecule has 13 heavy (non-hydrogen) atoms. The molecule has 0 radical (unpaired) electrons. The number of allylic oxidation sites excluding steroid dienone is 1. The van der Waals surface area contributed by atoms with Gasteiger partial charge in [0.15, 0.2) is 0 Å². The van der Waals surface area contributed by atoms with Crippen molar-refractivity contribution in [3.63, 3.8) is 0 Å². The van der Waals surface area contributed by atoms with E-state index >= 15 is 0 Å². The van der Waals surface area contributed by atoms with Gasteiger partial charge in [-0.25, -0.2) is 4.79 Å². The molecule has 0 aromatic rings. The Kier molecular flexibility index (Phi) is 6.02. The van der Waals surface area contributed by atoms with Gasteiger partial charge in [-0.3, -0.25) is 4.90 Å². The molecule has 0 aromatic heterocycles. The van der Waals surface area contributed by atoms with E-state index in [1.54, 1.807) is 11.8 Å². The third-order valence-electron chi connectivity index (χ3n) is 1.68. The maximum atomic E-state index is 11.3. The molecule has 0 N–H and O–H groups in total. The van der Waals surface area contributed by atoms with E-state index in [0.29, 0.717) is 13.2 Å². The van der Waals surface area contributed by atoms with Crippen molar-refractivity contribution in [3.8, 4) is 0 Å². The summed E-state index contributed by atoms with van der Waals surface area (Å²) < 4.78 is 4.89. The quantitative estimate of drug-likeness (QED) is 0.659. The molecule has 0 aliphatic carbocycles. The van der Waals surface area contributed by atoms with Crippen molar-refractivity contribution in [2.24, 2.45) is 0 Å². The Bertz CT molecular complexity index is 178. The second-order valence-electron chi connectivity index (χ2n) is 2.94. The Morgan fingerprint density at radius 1 is 1.46 bits per heavy atom. The van der Waals surface area contributed by atoms with Crippen molar-refractivity contribution in [2.75, 3.05) is 13.2 Å². The fraction of sp³-hybridized carbons (Fsp3) is 0.700. The summed E-state index contributed by atoms with van der Waals surface area (Å²) in [5.41, 5.74) is 0.743. The first-order valence-corrected chi connectivity index (χ1v) is 4.73. The molecule has 0 bridgehead atoms. The third-order valence-corrected chi connectivity index (χ3v) is 1.68. The van der Waals surface area contributed by atoms with E-state index in [-0.39, 0.29) is 6.09 Å². The molecule has 0 aliphatic rings. The zero-order valence-corrected chi connectivity index (χ0v) is 8.80. The summed E-state index contributed by atoms with van der Waals surface area (Å²) in [5.74, 6) is 0. The van der Waals surface area contributed by atoms with Crippen molar-refractivity contribution in [3.05, 3.63) is 12.3 Å². The molecule has 3 nitrogen and oxygen atoms in total. The van der Waals surface area contributed by atoms with Crippen LogP contribution in [0.5, 0.6) is 0 Å². The monoisotopic (exact) mass is 185 g/mol. The van der Waals surface area contributed by atoms with Gasteiger partial charge in [0, 0.05) is 12.2 Å². The molecule has 0 aromatic carbocycles. The predicted octanol–water partition coefficient (Wildman–Crippen LogP) is 2.78. The molecule has 0 atom stereocenters. The van der Waals surface area contributed by atoms with Gasteiger partial charge < -0.3 is 4.74 Å². The molecule has 3 heteroatoms. The van der Waals surface area contributed by atoms with Crippen LogP contribution < -0.4 is 0 Å². The first-order chi connectivity index (χ1) is 6.13.